The topological polar surface area (TPSA) is 42.7 Å². The van der Waals surface area contributed by atoms with Gasteiger partial charge in [-0.1, -0.05) is 0 Å². The number of nitrogens with one attached hydrogen (secondary N) is 1. The molecule has 0 radical (unpaired) electrons. The zero-order valence-electron chi connectivity index (χ0n) is 12.0. The van der Waals surface area contributed by atoms with Crippen LogP contribution in [-0.4, -0.2) is 20.6 Å². The molecule has 2 aliphatic rings. The number of halogens is 1. The first-order chi connectivity index (χ1) is 10.3. The summed E-state index contributed by atoms with van der Waals surface area (Å²) in [6.45, 7) is 0.572. The number of imidazole rings is 1. The number of pyridine rings is 1. The van der Waals surface area contributed by atoms with E-state index in [2.05, 4.69) is 15.3 Å². The Balaban J connectivity index is 1.67. The predicted octanol–water partition coefficient (Wildman–Crippen LogP) is 2.54. The van der Waals surface area contributed by atoms with E-state index in [1.807, 2.05) is 4.57 Å². The van der Waals surface area contributed by atoms with E-state index >= 15 is 0 Å². The van der Waals surface area contributed by atoms with Gasteiger partial charge in [0.15, 0.2) is 11.6 Å². The highest BCUT2D eigenvalue weighted by molar-refractivity contribution is 5.35. The van der Waals surface area contributed by atoms with Crippen molar-refractivity contribution in [2.45, 2.75) is 51.1 Å². The molecule has 0 saturated heterocycles. The average Bonchev–Trinajstić information content (AvgIpc) is 3.24. The number of aromatic nitrogens is 3. The van der Waals surface area contributed by atoms with Gasteiger partial charge in [0.05, 0.1) is 5.69 Å². The van der Waals surface area contributed by atoms with Gasteiger partial charge >= 0.3 is 0 Å². The van der Waals surface area contributed by atoms with Crippen molar-refractivity contribution in [3.63, 3.8) is 0 Å². The van der Waals surface area contributed by atoms with Crippen LogP contribution in [0.3, 0.4) is 0 Å². The lowest BCUT2D eigenvalue weighted by molar-refractivity contribution is 0.568. The van der Waals surface area contributed by atoms with Crippen molar-refractivity contribution in [1.82, 2.24) is 19.9 Å². The van der Waals surface area contributed by atoms with Gasteiger partial charge in [-0.15, -0.1) is 0 Å². The molecule has 2 aromatic heterocycles. The molecule has 0 aromatic carbocycles. The van der Waals surface area contributed by atoms with Crippen molar-refractivity contribution in [3.8, 4) is 5.82 Å². The summed E-state index contributed by atoms with van der Waals surface area (Å²) in [6, 6.07) is 2.33. The molecule has 0 atom stereocenters. The molecule has 0 unspecified atom stereocenters. The highest BCUT2D eigenvalue weighted by Gasteiger charge is 2.22. The fraction of sp³-hybridized carbons (Fsp3) is 0.500. The van der Waals surface area contributed by atoms with Gasteiger partial charge in [0.1, 0.15) is 6.33 Å². The Morgan fingerprint density at radius 1 is 1.24 bits per heavy atom. The van der Waals surface area contributed by atoms with Crippen LogP contribution in [0.4, 0.5) is 4.39 Å². The Morgan fingerprint density at radius 3 is 2.95 bits per heavy atom. The zero-order valence-corrected chi connectivity index (χ0v) is 12.0. The third-order valence-corrected chi connectivity index (χ3v) is 4.37. The Kier molecular flexibility index (Phi) is 3.22. The highest BCUT2D eigenvalue weighted by Crippen LogP contribution is 2.25. The maximum atomic E-state index is 14.7. The van der Waals surface area contributed by atoms with Gasteiger partial charge < -0.3 is 5.32 Å². The largest absolute Gasteiger partial charge is 0.310 e. The fourth-order valence-electron chi connectivity index (χ4n) is 2.97. The predicted molar refractivity (Wildman–Crippen MR) is 77.8 cm³/mol. The summed E-state index contributed by atoms with van der Waals surface area (Å²) < 4.78 is 16.6. The second kappa shape index (κ2) is 5.22. The summed E-state index contributed by atoms with van der Waals surface area (Å²) in [5.74, 6) is 0.164. The van der Waals surface area contributed by atoms with Crippen molar-refractivity contribution in [3.05, 3.63) is 41.4 Å². The smallest absolute Gasteiger partial charge is 0.174 e. The van der Waals surface area contributed by atoms with Crippen molar-refractivity contribution in [1.29, 1.82) is 0 Å². The first-order valence-corrected chi connectivity index (χ1v) is 7.75. The van der Waals surface area contributed by atoms with Gasteiger partial charge in [0, 0.05) is 30.0 Å². The van der Waals surface area contributed by atoms with Crippen LogP contribution in [-0.2, 0) is 19.4 Å². The highest BCUT2D eigenvalue weighted by atomic mass is 19.1. The number of aryl methyl sites for hydroxylation is 1. The van der Waals surface area contributed by atoms with Crippen LogP contribution >= 0.6 is 0 Å². The van der Waals surface area contributed by atoms with E-state index in [-0.39, 0.29) is 5.82 Å². The number of hydrogen-bond donors (Lipinski definition) is 1. The molecule has 21 heavy (non-hydrogen) atoms. The van der Waals surface area contributed by atoms with E-state index in [1.165, 1.54) is 19.3 Å². The van der Waals surface area contributed by atoms with Crippen LogP contribution < -0.4 is 5.32 Å². The van der Waals surface area contributed by atoms with E-state index in [0.29, 0.717) is 24.0 Å². The number of fused-ring (bicyclic) bond motifs is 1. The van der Waals surface area contributed by atoms with Crippen molar-refractivity contribution < 1.29 is 4.39 Å². The molecular formula is C16H19FN4. The SMILES string of the molecule is Fc1c(CNC2CC2)ccnc1-n1cnc2c1CCCC2. The van der Waals surface area contributed by atoms with E-state index in [0.717, 1.165) is 30.7 Å². The van der Waals surface area contributed by atoms with Crippen LogP contribution in [0.5, 0.6) is 0 Å². The first kappa shape index (κ1) is 13.0. The summed E-state index contributed by atoms with van der Waals surface area (Å²) in [5.41, 5.74) is 2.91. The molecule has 0 bridgehead atoms. The normalized spacial score (nSPS) is 17.8. The Morgan fingerprint density at radius 2 is 2.10 bits per heavy atom. The van der Waals surface area contributed by atoms with Crippen LogP contribution in [0, 0.1) is 5.82 Å². The summed E-state index contributed by atoms with van der Waals surface area (Å²) >= 11 is 0. The molecule has 1 fully saturated rings. The molecular weight excluding hydrogens is 267 g/mol. The molecule has 4 nitrogen and oxygen atoms in total. The molecule has 0 aliphatic heterocycles. The minimum atomic E-state index is -0.226. The van der Waals surface area contributed by atoms with Gasteiger partial charge in [-0.25, -0.2) is 14.4 Å². The maximum Gasteiger partial charge on any atom is 0.174 e. The molecule has 1 saturated carbocycles. The summed E-state index contributed by atoms with van der Waals surface area (Å²) in [7, 11) is 0. The lowest BCUT2D eigenvalue weighted by atomic mass is 10.0. The summed E-state index contributed by atoms with van der Waals surface area (Å²) in [6.07, 6.45) is 10.1. The second-order valence-electron chi connectivity index (χ2n) is 5.98. The molecule has 2 heterocycles. The number of nitrogens with zero attached hydrogens (tertiary/aromatic N) is 3. The Hall–Kier alpha value is -1.75. The minimum absolute atomic E-state index is 0.226. The summed E-state index contributed by atoms with van der Waals surface area (Å²) in [4.78, 5) is 8.68. The molecule has 4 rings (SSSR count). The lowest BCUT2D eigenvalue weighted by Crippen LogP contribution is -2.17. The third-order valence-electron chi connectivity index (χ3n) is 4.37. The quantitative estimate of drug-likeness (QED) is 0.939. The van der Waals surface area contributed by atoms with Gasteiger partial charge in [-0.05, 0) is 44.6 Å². The molecule has 0 spiro atoms. The monoisotopic (exact) mass is 286 g/mol. The Bertz CT molecular complexity index is 660. The molecule has 2 aliphatic carbocycles. The fourth-order valence-corrected chi connectivity index (χ4v) is 2.97. The van der Waals surface area contributed by atoms with Crippen LogP contribution in [0.25, 0.3) is 5.82 Å². The zero-order chi connectivity index (χ0) is 14.2. The molecule has 1 N–H and O–H groups in total. The lowest BCUT2D eigenvalue weighted by Gasteiger charge is -2.15. The average molecular weight is 286 g/mol. The standard InChI is InChI=1S/C16H19FN4/c17-15-11(9-19-12-5-6-12)7-8-18-16(15)21-10-20-13-3-1-2-4-14(13)21/h7-8,10,12,19H,1-6,9H2. The van der Waals surface area contributed by atoms with E-state index in [9.17, 15) is 4.39 Å². The molecule has 0 amide bonds. The van der Waals surface area contributed by atoms with Crippen LogP contribution in [0.1, 0.15) is 42.6 Å². The second-order valence-corrected chi connectivity index (χ2v) is 5.98. The molecule has 110 valence electrons. The van der Waals surface area contributed by atoms with E-state index < -0.39 is 0 Å². The molecule has 2 aromatic rings. The van der Waals surface area contributed by atoms with Crippen LogP contribution in [0.15, 0.2) is 18.6 Å². The first-order valence-electron chi connectivity index (χ1n) is 7.75. The Labute approximate surface area is 123 Å². The number of hydrogen-bond acceptors (Lipinski definition) is 3. The van der Waals surface area contributed by atoms with E-state index in [4.69, 9.17) is 0 Å². The van der Waals surface area contributed by atoms with Gasteiger partial charge in [-0.2, -0.15) is 0 Å². The maximum absolute atomic E-state index is 14.7. The van der Waals surface area contributed by atoms with Gasteiger partial charge in [0.25, 0.3) is 0 Å². The minimum Gasteiger partial charge on any atom is -0.310 e. The van der Waals surface area contributed by atoms with Crippen molar-refractivity contribution in [2.75, 3.05) is 0 Å². The van der Waals surface area contributed by atoms with E-state index in [1.54, 1.807) is 18.6 Å². The molecule has 5 heteroatoms. The van der Waals surface area contributed by atoms with Gasteiger partial charge in [0.2, 0.25) is 0 Å². The third kappa shape index (κ3) is 2.46. The van der Waals surface area contributed by atoms with Gasteiger partial charge in [-0.3, -0.25) is 4.57 Å². The van der Waals surface area contributed by atoms with Crippen molar-refractivity contribution >= 4 is 0 Å². The summed E-state index contributed by atoms with van der Waals surface area (Å²) in [5, 5.41) is 3.36. The van der Waals surface area contributed by atoms with Crippen LogP contribution in [0.2, 0.25) is 0 Å². The van der Waals surface area contributed by atoms with Crippen molar-refractivity contribution in [2.24, 2.45) is 0 Å². The number of rotatable bonds is 4.